The number of thioether (sulfide) groups is 1. The molecule has 1 aliphatic rings. The molecule has 2 aromatic rings. The lowest BCUT2D eigenvalue weighted by Crippen LogP contribution is -2.25. The second-order valence-corrected chi connectivity index (χ2v) is 8.15. The second kappa shape index (κ2) is 9.74. The van der Waals surface area contributed by atoms with Crippen molar-refractivity contribution < 1.29 is 4.79 Å². The first-order valence-electron chi connectivity index (χ1n) is 9.72. The van der Waals surface area contributed by atoms with Crippen LogP contribution in [-0.2, 0) is 4.79 Å². The maximum atomic E-state index is 12.2. The molecule has 27 heavy (non-hydrogen) atoms. The van der Waals surface area contributed by atoms with E-state index in [1.54, 1.807) is 6.20 Å². The van der Waals surface area contributed by atoms with Gasteiger partial charge < -0.3 is 10.2 Å². The predicted molar refractivity (Wildman–Crippen MR) is 113 cm³/mol. The van der Waals surface area contributed by atoms with Crippen LogP contribution in [0.2, 0.25) is 0 Å². The first-order valence-corrected chi connectivity index (χ1v) is 10.7. The Balaban J connectivity index is 1.53. The van der Waals surface area contributed by atoms with Gasteiger partial charge in [-0.25, -0.2) is 9.97 Å². The molecule has 1 amide bonds. The van der Waals surface area contributed by atoms with Crippen LogP contribution in [0, 0.1) is 0 Å². The Bertz CT molecular complexity index is 740. The van der Waals surface area contributed by atoms with E-state index < -0.39 is 0 Å². The standard InChI is InChI=1S/C21H28N4OS/c1-16(2)17-7-9-18(10-8-17)23-20(26)15-27-21-22-12-11-19(24-21)25-13-5-3-4-6-14-25/h7-12,16H,3-6,13-15H2,1-2H3,(H,23,26). The zero-order chi connectivity index (χ0) is 19.1. The van der Waals surface area contributed by atoms with Gasteiger partial charge in [-0.2, -0.15) is 0 Å². The van der Waals surface area contributed by atoms with Crippen molar-refractivity contribution in [1.29, 1.82) is 0 Å². The lowest BCUT2D eigenvalue weighted by molar-refractivity contribution is -0.113. The zero-order valence-electron chi connectivity index (χ0n) is 16.1. The van der Waals surface area contributed by atoms with Crippen LogP contribution in [-0.4, -0.2) is 34.7 Å². The molecule has 6 heteroatoms. The predicted octanol–water partition coefficient (Wildman–Crippen LogP) is 4.71. The Morgan fingerprint density at radius 3 is 2.48 bits per heavy atom. The lowest BCUT2D eigenvalue weighted by atomic mass is 10.0. The summed E-state index contributed by atoms with van der Waals surface area (Å²) in [5.74, 6) is 1.72. The summed E-state index contributed by atoms with van der Waals surface area (Å²) >= 11 is 1.38. The molecule has 0 saturated carbocycles. The van der Waals surface area contributed by atoms with Crippen LogP contribution < -0.4 is 10.2 Å². The number of benzene rings is 1. The zero-order valence-corrected chi connectivity index (χ0v) is 17.0. The maximum absolute atomic E-state index is 12.2. The fourth-order valence-electron chi connectivity index (χ4n) is 3.16. The van der Waals surface area contributed by atoms with E-state index in [9.17, 15) is 4.79 Å². The van der Waals surface area contributed by atoms with Crippen molar-refractivity contribution in [3.63, 3.8) is 0 Å². The average Bonchev–Trinajstić information content (AvgIpc) is 2.97. The monoisotopic (exact) mass is 384 g/mol. The molecule has 1 N–H and O–H groups in total. The summed E-state index contributed by atoms with van der Waals surface area (Å²) in [5, 5.41) is 3.59. The van der Waals surface area contributed by atoms with Crippen molar-refractivity contribution in [3.8, 4) is 0 Å². The van der Waals surface area contributed by atoms with Crippen LogP contribution in [0.25, 0.3) is 0 Å². The van der Waals surface area contributed by atoms with Gasteiger partial charge in [-0.3, -0.25) is 4.79 Å². The molecule has 1 fully saturated rings. The highest BCUT2D eigenvalue weighted by Gasteiger charge is 2.13. The van der Waals surface area contributed by atoms with Gasteiger partial charge in [0.15, 0.2) is 5.16 Å². The van der Waals surface area contributed by atoms with Crippen molar-refractivity contribution >= 4 is 29.2 Å². The highest BCUT2D eigenvalue weighted by Crippen LogP contribution is 2.21. The van der Waals surface area contributed by atoms with E-state index in [2.05, 4.69) is 46.2 Å². The Morgan fingerprint density at radius 2 is 1.81 bits per heavy atom. The normalized spacial score (nSPS) is 14.9. The molecule has 2 heterocycles. The number of hydrogen-bond donors (Lipinski definition) is 1. The Hall–Kier alpha value is -2.08. The molecule has 0 atom stereocenters. The van der Waals surface area contributed by atoms with Crippen molar-refractivity contribution in [2.24, 2.45) is 0 Å². The quantitative estimate of drug-likeness (QED) is 0.577. The largest absolute Gasteiger partial charge is 0.356 e. The van der Waals surface area contributed by atoms with Gasteiger partial charge in [-0.05, 0) is 42.5 Å². The number of carbonyl (C=O) groups excluding carboxylic acids is 1. The summed E-state index contributed by atoms with van der Waals surface area (Å²) in [6.45, 7) is 6.41. The minimum Gasteiger partial charge on any atom is -0.356 e. The highest BCUT2D eigenvalue weighted by atomic mass is 32.2. The minimum absolute atomic E-state index is 0.0407. The van der Waals surface area contributed by atoms with Crippen LogP contribution >= 0.6 is 11.8 Å². The molecule has 1 aromatic carbocycles. The number of carbonyl (C=O) groups is 1. The minimum atomic E-state index is -0.0407. The Kier molecular flexibility index (Phi) is 7.10. The fourth-order valence-corrected chi connectivity index (χ4v) is 3.78. The third-order valence-electron chi connectivity index (χ3n) is 4.74. The third kappa shape index (κ3) is 5.96. The number of hydrogen-bond acceptors (Lipinski definition) is 5. The molecule has 1 aliphatic heterocycles. The summed E-state index contributed by atoms with van der Waals surface area (Å²) in [6, 6.07) is 9.98. The maximum Gasteiger partial charge on any atom is 0.234 e. The van der Waals surface area contributed by atoms with Crippen LogP contribution in [0.1, 0.15) is 51.0 Å². The first-order chi connectivity index (χ1) is 13.1. The number of nitrogens with one attached hydrogen (secondary N) is 1. The van der Waals surface area contributed by atoms with Gasteiger partial charge in [-0.1, -0.05) is 50.6 Å². The molecule has 0 radical (unpaired) electrons. The molecule has 1 saturated heterocycles. The van der Waals surface area contributed by atoms with Crippen molar-refractivity contribution in [2.45, 2.75) is 50.6 Å². The van der Waals surface area contributed by atoms with E-state index in [0.29, 0.717) is 16.8 Å². The summed E-state index contributed by atoms with van der Waals surface area (Å²) in [6.07, 6.45) is 6.80. The molecular formula is C21H28N4OS. The first kappa shape index (κ1) is 19.7. The molecule has 1 aromatic heterocycles. The molecular weight excluding hydrogens is 356 g/mol. The topological polar surface area (TPSA) is 58.1 Å². The lowest BCUT2D eigenvalue weighted by Gasteiger charge is -2.21. The number of amides is 1. The van der Waals surface area contributed by atoms with Gasteiger partial charge in [0.2, 0.25) is 5.91 Å². The smallest absolute Gasteiger partial charge is 0.234 e. The molecule has 0 spiro atoms. The van der Waals surface area contributed by atoms with Crippen LogP contribution in [0.5, 0.6) is 0 Å². The third-order valence-corrected chi connectivity index (χ3v) is 5.60. The van der Waals surface area contributed by atoms with E-state index in [-0.39, 0.29) is 5.91 Å². The summed E-state index contributed by atoms with van der Waals surface area (Å²) in [5.41, 5.74) is 2.09. The average molecular weight is 385 g/mol. The Labute approximate surface area is 166 Å². The molecule has 3 rings (SSSR count). The van der Waals surface area contributed by atoms with Crippen LogP contribution in [0.4, 0.5) is 11.5 Å². The number of anilines is 2. The van der Waals surface area contributed by atoms with Crippen LogP contribution in [0.15, 0.2) is 41.7 Å². The molecule has 0 aliphatic carbocycles. The number of aromatic nitrogens is 2. The van der Waals surface area contributed by atoms with Gasteiger partial charge in [0.25, 0.3) is 0 Å². The molecule has 0 unspecified atom stereocenters. The highest BCUT2D eigenvalue weighted by molar-refractivity contribution is 7.99. The summed E-state index contributed by atoms with van der Waals surface area (Å²) < 4.78 is 0. The van der Waals surface area contributed by atoms with Gasteiger partial charge in [0, 0.05) is 25.0 Å². The summed E-state index contributed by atoms with van der Waals surface area (Å²) in [7, 11) is 0. The van der Waals surface area contributed by atoms with E-state index >= 15 is 0 Å². The van der Waals surface area contributed by atoms with Gasteiger partial charge >= 0.3 is 0 Å². The molecule has 144 valence electrons. The van der Waals surface area contributed by atoms with E-state index in [1.807, 2.05) is 18.2 Å². The van der Waals surface area contributed by atoms with Crippen molar-refractivity contribution in [1.82, 2.24) is 9.97 Å². The van der Waals surface area contributed by atoms with Gasteiger partial charge in [0.1, 0.15) is 5.82 Å². The Morgan fingerprint density at radius 1 is 1.11 bits per heavy atom. The van der Waals surface area contributed by atoms with Crippen molar-refractivity contribution in [3.05, 3.63) is 42.1 Å². The van der Waals surface area contributed by atoms with Gasteiger partial charge in [0.05, 0.1) is 5.75 Å². The fraction of sp³-hybridized carbons (Fsp3) is 0.476. The molecule has 0 bridgehead atoms. The number of rotatable bonds is 6. The SMILES string of the molecule is CC(C)c1ccc(NC(=O)CSc2nccc(N3CCCCCC3)n2)cc1. The number of nitrogens with zero attached hydrogens (tertiary/aromatic N) is 3. The van der Waals surface area contributed by atoms with E-state index in [4.69, 9.17) is 0 Å². The summed E-state index contributed by atoms with van der Waals surface area (Å²) in [4.78, 5) is 23.5. The van der Waals surface area contributed by atoms with Crippen LogP contribution in [0.3, 0.4) is 0 Å². The van der Waals surface area contributed by atoms with E-state index in [1.165, 1.54) is 43.0 Å². The molecule has 5 nitrogen and oxygen atoms in total. The van der Waals surface area contributed by atoms with Gasteiger partial charge in [-0.15, -0.1) is 0 Å². The van der Waals surface area contributed by atoms with E-state index in [0.717, 1.165) is 24.6 Å². The second-order valence-electron chi connectivity index (χ2n) is 7.21. The van der Waals surface area contributed by atoms with Crippen molar-refractivity contribution in [2.75, 3.05) is 29.1 Å².